The van der Waals surface area contributed by atoms with Gasteiger partial charge < -0.3 is 34.2 Å². The van der Waals surface area contributed by atoms with E-state index >= 15 is 0 Å². The monoisotopic (exact) mass is 352 g/mol. The molecule has 0 spiro atoms. The first-order valence-corrected chi connectivity index (χ1v) is 4.21. The van der Waals surface area contributed by atoms with Gasteiger partial charge in [0, 0.05) is 27.7 Å². The number of carboxylic acids is 4. The van der Waals surface area contributed by atoms with Gasteiger partial charge in [-0.3, -0.25) is 19.2 Å². The molecule has 22 heavy (non-hydrogen) atoms. The Bertz CT molecular complexity index is 192. The Morgan fingerprint density at radius 1 is 0.591 bits per heavy atom. The minimum atomic E-state index is -0.833. The van der Waals surface area contributed by atoms with E-state index in [-0.39, 0.29) is 72.9 Å². The fourth-order valence-electron chi connectivity index (χ4n) is 0. The fraction of sp³-hybridized carbons (Fsp3) is 0.400. The van der Waals surface area contributed by atoms with E-state index in [2.05, 4.69) is 13.2 Å². The molecule has 0 amide bonds. The minimum absolute atomic E-state index is 0. The molecule has 0 heterocycles. The molecule has 0 saturated heterocycles. The second-order valence-corrected chi connectivity index (χ2v) is 2.08. The number of hydrogen-bond acceptors (Lipinski definition) is 4. The maximum absolute atomic E-state index is 9.00. The van der Waals surface area contributed by atoms with Crippen LogP contribution >= 0.6 is 0 Å². The first-order valence-electron chi connectivity index (χ1n) is 4.21. The van der Waals surface area contributed by atoms with Crippen molar-refractivity contribution in [1.29, 1.82) is 0 Å². The predicted octanol–water partition coefficient (Wildman–Crippen LogP) is -6.25. The Morgan fingerprint density at radius 2 is 0.591 bits per heavy atom. The smallest absolute Gasteiger partial charge is 1.00 e. The van der Waals surface area contributed by atoms with E-state index in [0.29, 0.717) is 0 Å². The average molecular weight is 352 g/mol. The maximum atomic E-state index is 9.00. The summed E-state index contributed by atoms with van der Waals surface area (Å²) in [6, 6.07) is 0. The van der Waals surface area contributed by atoms with Gasteiger partial charge in [-0.05, 0) is 0 Å². The third kappa shape index (κ3) is 31700. The SMILES string of the molecule is C=C.CC(=O)O.CC(=O)O.CC(=O)O.CC(=O)O.O.O.[H-].[H-].[Na+].[Na+]. The number of rotatable bonds is 0. The van der Waals surface area contributed by atoms with Crippen LogP contribution in [0.4, 0.5) is 0 Å². The Morgan fingerprint density at radius 3 is 0.591 bits per heavy atom. The second-order valence-electron chi connectivity index (χ2n) is 2.08. The van der Waals surface area contributed by atoms with Gasteiger partial charge in [-0.25, -0.2) is 0 Å². The van der Waals surface area contributed by atoms with Crippen LogP contribution in [-0.2, 0) is 19.2 Å². The molecule has 10 nitrogen and oxygen atoms in total. The van der Waals surface area contributed by atoms with E-state index in [9.17, 15) is 0 Å². The first kappa shape index (κ1) is 57.8. The third-order valence-corrected chi connectivity index (χ3v) is 0. The summed E-state index contributed by atoms with van der Waals surface area (Å²) in [7, 11) is 0. The molecule has 0 unspecified atom stereocenters. The van der Waals surface area contributed by atoms with E-state index in [1.165, 1.54) is 0 Å². The molecule has 0 aliphatic heterocycles. The molecular weight excluding hydrogens is 326 g/mol. The van der Waals surface area contributed by atoms with E-state index in [4.69, 9.17) is 39.6 Å². The Labute approximate surface area is 176 Å². The van der Waals surface area contributed by atoms with E-state index < -0.39 is 23.9 Å². The van der Waals surface area contributed by atoms with E-state index in [1.807, 2.05) is 0 Å². The summed E-state index contributed by atoms with van der Waals surface area (Å²) in [6.45, 7) is 10.3. The summed E-state index contributed by atoms with van der Waals surface area (Å²) < 4.78 is 0. The van der Waals surface area contributed by atoms with Gasteiger partial charge >= 0.3 is 59.1 Å². The third-order valence-electron chi connectivity index (χ3n) is 0. The van der Waals surface area contributed by atoms with Crippen molar-refractivity contribution in [3.8, 4) is 0 Å². The molecule has 0 aromatic rings. The van der Waals surface area contributed by atoms with Crippen LogP contribution in [0.3, 0.4) is 0 Å². The zero-order valence-corrected chi connectivity index (χ0v) is 17.8. The molecule has 0 rings (SSSR count). The van der Waals surface area contributed by atoms with Crippen molar-refractivity contribution < 1.29 is 113 Å². The van der Waals surface area contributed by atoms with Gasteiger partial charge in [0.25, 0.3) is 23.9 Å². The van der Waals surface area contributed by atoms with Crippen LogP contribution in [0.15, 0.2) is 13.2 Å². The normalized spacial score (nSPS) is 4.73. The molecule has 0 atom stereocenters. The summed E-state index contributed by atoms with van der Waals surface area (Å²) in [6.07, 6.45) is 0. The van der Waals surface area contributed by atoms with Gasteiger partial charge in [0.2, 0.25) is 0 Å². The minimum Gasteiger partial charge on any atom is -1.00 e. The zero-order chi connectivity index (χ0) is 16.3. The predicted molar refractivity (Wildman–Crippen MR) is 73.9 cm³/mol. The summed E-state index contributed by atoms with van der Waals surface area (Å²) in [4.78, 5) is 36.0. The van der Waals surface area contributed by atoms with Crippen LogP contribution in [0.2, 0.25) is 0 Å². The number of aliphatic carboxylic acids is 4. The number of carbonyl (C=O) groups is 4. The topological polar surface area (TPSA) is 212 Å². The van der Waals surface area contributed by atoms with Gasteiger partial charge in [-0.1, -0.05) is 0 Å². The molecule has 0 radical (unpaired) electrons. The standard InChI is InChI=1S/4C2H4O2.C2H4.2Na.2H2O.2H/c4*1-2(3)4;1-2;;;;;;/h4*1H3,(H,3,4);1-2H2;;;2*1H2;;/q;;;;;2*+1;;;2*-1. The van der Waals surface area contributed by atoms with E-state index in [1.54, 1.807) is 0 Å². The van der Waals surface area contributed by atoms with Crippen LogP contribution in [0.1, 0.15) is 30.5 Å². The van der Waals surface area contributed by atoms with E-state index in [0.717, 1.165) is 27.7 Å². The summed E-state index contributed by atoms with van der Waals surface area (Å²) >= 11 is 0. The van der Waals surface area contributed by atoms with Crippen molar-refractivity contribution in [2.45, 2.75) is 27.7 Å². The average Bonchev–Trinajstić information content (AvgIpc) is 2.01. The summed E-state index contributed by atoms with van der Waals surface area (Å²) in [5, 5.41) is 29.7. The largest absolute Gasteiger partial charge is 1.00 e. The van der Waals surface area contributed by atoms with Crippen LogP contribution < -0.4 is 59.1 Å². The van der Waals surface area contributed by atoms with Gasteiger partial charge in [0.1, 0.15) is 0 Å². The van der Waals surface area contributed by atoms with Crippen molar-refractivity contribution in [3.05, 3.63) is 13.2 Å². The Hall–Kier alpha value is -0.460. The molecule has 0 aliphatic rings. The molecule has 0 aliphatic carbocycles. The van der Waals surface area contributed by atoms with Gasteiger partial charge in [-0.15, -0.1) is 13.2 Å². The van der Waals surface area contributed by atoms with Gasteiger partial charge in [0.05, 0.1) is 0 Å². The quantitative estimate of drug-likeness (QED) is 0.242. The summed E-state index contributed by atoms with van der Waals surface area (Å²) in [5.41, 5.74) is 0. The Kier molecular flexibility index (Phi) is 155. The van der Waals surface area contributed by atoms with Crippen molar-refractivity contribution >= 4 is 23.9 Å². The fourth-order valence-corrected chi connectivity index (χ4v) is 0. The molecule has 128 valence electrons. The molecule has 8 N–H and O–H groups in total. The number of hydrogen-bond donors (Lipinski definition) is 4. The van der Waals surface area contributed by atoms with Crippen LogP contribution in [-0.4, -0.2) is 55.3 Å². The van der Waals surface area contributed by atoms with Crippen molar-refractivity contribution in [1.82, 2.24) is 0 Å². The Balaban J connectivity index is -0.00000000932. The zero-order valence-electron chi connectivity index (χ0n) is 15.8. The molecule has 0 fully saturated rings. The van der Waals surface area contributed by atoms with Crippen molar-refractivity contribution in [2.75, 3.05) is 0 Å². The molecule has 12 heteroatoms. The van der Waals surface area contributed by atoms with Crippen LogP contribution in [0.25, 0.3) is 0 Å². The van der Waals surface area contributed by atoms with Crippen LogP contribution in [0, 0.1) is 0 Å². The molecular formula is C10H26Na2O10. The van der Waals surface area contributed by atoms with Crippen molar-refractivity contribution in [3.63, 3.8) is 0 Å². The molecule has 0 aromatic heterocycles. The molecule has 0 saturated carbocycles. The molecule has 0 bridgehead atoms. The molecule has 0 aromatic carbocycles. The second kappa shape index (κ2) is 58.9. The van der Waals surface area contributed by atoms with Crippen LogP contribution in [0.5, 0.6) is 0 Å². The summed E-state index contributed by atoms with van der Waals surface area (Å²) in [5.74, 6) is -3.33. The maximum Gasteiger partial charge on any atom is 1.00 e. The number of carboxylic acid groups (broad SMARTS) is 4. The van der Waals surface area contributed by atoms with Crippen molar-refractivity contribution in [2.24, 2.45) is 0 Å². The first-order chi connectivity index (χ1) is 7.93. The van der Waals surface area contributed by atoms with Gasteiger partial charge in [0.15, 0.2) is 0 Å². The van der Waals surface area contributed by atoms with Gasteiger partial charge in [-0.2, -0.15) is 0 Å².